The summed E-state index contributed by atoms with van der Waals surface area (Å²) in [6.07, 6.45) is 0.823. The fraction of sp³-hybridized carbons (Fsp3) is 0.385. The number of carboxylic acids is 1. The number of aliphatic carboxylic acids is 1. The van der Waals surface area contributed by atoms with E-state index in [-0.39, 0.29) is 22.8 Å². The van der Waals surface area contributed by atoms with Crippen molar-refractivity contribution < 1.29 is 23.1 Å². The quantitative estimate of drug-likeness (QED) is 0.841. The number of carbonyl (C=O) groups is 2. The van der Waals surface area contributed by atoms with Crippen molar-refractivity contribution >= 4 is 21.8 Å². The van der Waals surface area contributed by atoms with Crippen LogP contribution in [0.1, 0.15) is 30.1 Å². The molecule has 108 valence electrons. The summed E-state index contributed by atoms with van der Waals surface area (Å²) in [6, 6.07) is 4.64. The molecule has 7 heteroatoms. The summed E-state index contributed by atoms with van der Waals surface area (Å²) in [5, 5.41) is 9.08. The van der Waals surface area contributed by atoms with Gasteiger partial charge in [0, 0.05) is 12.1 Å². The molecule has 1 aliphatic heterocycles. The van der Waals surface area contributed by atoms with Crippen LogP contribution in [0.2, 0.25) is 0 Å². The second kappa shape index (κ2) is 5.34. The first-order valence-corrected chi connectivity index (χ1v) is 7.63. The number of hydrogen-bond donors (Lipinski definition) is 1. The minimum atomic E-state index is -3.89. The van der Waals surface area contributed by atoms with Crippen molar-refractivity contribution in [2.45, 2.75) is 30.7 Å². The molecule has 2 rings (SSSR count). The van der Waals surface area contributed by atoms with Crippen molar-refractivity contribution in [1.82, 2.24) is 4.31 Å². The topological polar surface area (TPSA) is 91.8 Å². The Morgan fingerprint density at radius 3 is 2.65 bits per heavy atom. The van der Waals surface area contributed by atoms with Crippen molar-refractivity contribution in [1.29, 1.82) is 0 Å². The fourth-order valence-electron chi connectivity index (χ4n) is 2.29. The monoisotopic (exact) mass is 297 g/mol. The Kier molecular flexibility index (Phi) is 3.92. The Hall–Kier alpha value is -1.73. The average molecular weight is 297 g/mol. The van der Waals surface area contributed by atoms with E-state index in [0.717, 1.165) is 4.31 Å². The number of carboxylic acid groups (broad SMARTS) is 1. The minimum Gasteiger partial charge on any atom is -0.480 e. The van der Waals surface area contributed by atoms with Gasteiger partial charge in [0.2, 0.25) is 10.0 Å². The van der Waals surface area contributed by atoms with Gasteiger partial charge in [-0.3, -0.25) is 9.59 Å². The van der Waals surface area contributed by atoms with Gasteiger partial charge in [0.05, 0.1) is 4.90 Å². The SMILES string of the molecule is CC(=O)c1cccc(S(=O)(=O)N2CCC[C@@H]2C(=O)O)c1. The Morgan fingerprint density at radius 2 is 2.05 bits per heavy atom. The van der Waals surface area contributed by atoms with Gasteiger partial charge in [-0.1, -0.05) is 12.1 Å². The third-order valence-electron chi connectivity index (χ3n) is 3.34. The number of hydrogen-bond acceptors (Lipinski definition) is 4. The van der Waals surface area contributed by atoms with Gasteiger partial charge in [-0.05, 0) is 31.9 Å². The predicted molar refractivity (Wildman–Crippen MR) is 71.0 cm³/mol. The standard InChI is InChI=1S/C13H15NO5S/c1-9(15)10-4-2-5-11(8-10)20(18,19)14-7-3-6-12(14)13(16)17/h2,4-5,8,12H,3,6-7H2,1H3,(H,16,17)/t12-/m1/s1. The molecule has 0 amide bonds. The van der Waals surface area contributed by atoms with E-state index < -0.39 is 22.0 Å². The summed E-state index contributed by atoms with van der Waals surface area (Å²) in [4.78, 5) is 22.4. The predicted octanol–water partition coefficient (Wildman–Crippen LogP) is 1.13. The molecule has 0 saturated carbocycles. The van der Waals surface area contributed by atoms with Crippen LogP contribution < -0.4 is 0 Å². The van der Waals surface area contributed by atoms with Gasteiger partial charge < -0.3 is 5.11 Å². The highest BCUT2D eigenvalue weighted by Gasteiger charge is 2.39. The lowest BCUT2D eigenvalue weighted by Gasteiger charge is -2.21. The Bertz CT molecular complexity index is 652. The number of sulfonamides is 1. The normalized spacial score (nSPS) is 19.9. The van der Waals surface area contributed by atoms with Gasteiger partial charge in [-0.2, -0.15) is 4.31 Å². The number of ketones is 1. The van der Waals surface area contributed by atoms with Crippen LogP contribution in [0.25, 0.3) is 0 Å². The van der Waals surface area contributed by atoms with E-state index in [2.05, 4.69) is 0 Å². The largest absolute Gasteiger partial charge is 0.480 e. The van der Waals surface area contributed by atoms with Gasteiger partial charge in [-0.25, -0.2) is 8.42 Å². The highest BCUT2D eigenvalue weighted by Crippen LogP contribution is 2.26. The van der Waals surface area contributed by atoms with Gasteiger partial charge in [0.1, 0.15) is 6.04 Å². The summed E-state index contributed by atoms with van der Waals surface area (Å²) >= 11 is 0. The lowest BCUT2D eigenvalue weighted by atomic mass is 10.2. The molecular weight excluding hydrogens is 282 g/mol. The van der Waals surface area contributed by atoms with Crippen LogP contribution in [-0.2, 0) is 14.8 Å². The molecule has 0 aliphatic carbocycles. The molecule has 1 aromatic rings. The van der Waals surface area contributed by atoms with E-state index in [4.69, 9.17) is 5.11 Å². The highest BCUT2D eigenvalue weighted by atomic mass is 32.2. The van der Waals surface area contributed by atoms with Gasteiger partial charge in [0.25, 0.3) is 0 Å². The van der Waals surface area contributed by atoms with Crippen LogP contribution in [0.5, 0.6) is 0 Å². The summed E-state index contributed by atoms with van der Waals surface area (Å²) in [5.74, 6) is -1.38. The van der Waals surface area contributed by atoms with Crippen molar-refractivity contribution in [3.05, 3.63) is 29.8 Å². The molecule has 1 aromatic carbocycles. The number of carbonyl (C=O) groups excluding carboxylic acids is 1. The molecule has 0 unspecified atom stereocenters. The summed E-state index contributed by atoms with van der Waals surface area (Å²) in [6.45, 7) is 1.53. The Balaban J connectivity index is 2.42. The molecule has 0 radical (unpaired) electrons. The average Bonchev–Trinajstić information content (AvgIpc) is 2.89. The van der Waals surface area contributed by atoms with Crippen molar-refractivity contribution in [2.24, 2.45) is 0 Å². The van der Waals surface area contributed by atoms with E-state index in [9.17, 15) is 18.0 Å². The molecule has 0 spiro atoms. The Morgan fingerprint density at radius 1 is 1.35 bits per heavy atom. The number of Topliss-reactive ketones (excluding diaryl/α,β-unsaturated/α-hetero) is 1. The van der Waals surface area contributed by atoms with Gasteiger partial charge >= 0.3 is 5.97 Å². The summed E-state index contributed by atoms with van der Waals surface area (Å²) < 4.78 is 25.9. The third-order valence-corrected chi connectivity index (χ3v) is 5.24. The Labute approximate surface area is 117 Å². The summed E-state index contributed by atoms with van der Waals surface area (Å²) in [5.41, 5.74) is 0.289. The van der Waals surface area contributed by atoms with Crippen LogP contribution in [0, 0.1) is 0 Å². The first-order chi connectivity index (χ1) is 9.34. The lowest BCUT2D eigenvalue weighted by molar-refractivity contribution is -0.140. The van der Waals surface area contributed by atoms with Crippen LogP contribution in [-0.4, -0.2) is 42.2 Å². The lowest BCUT2D eigenvalue weighted by Crippen LogP contribution is -2.40. The van der Waals surface area contributed by atoms with E-state index in [1.165, 1.54) is 31.2 Å². The van der Waals surface area contributed by atoms with Crippen molar-refractivity contribution in [3.63, 3.8) is 0 Å². The summed E-state index contributed by atoms with van der Waals surface area (Å²) in [7, 11) is -3.89. The molecule has 1 saturated heterocycles. The van der Waals surface area contributed by atoms with Gasteiger partial charge in [-0.15, -0.1) is 0 Å². The van der Waals surface area contributed by atoms with Crippen LogP contribution in [0.4, 0.5) is 0 Å². The van der Waals surface area contributed by atoms with Crippen LogP contribution in [0.15, 0.2) is 29.2 Å². The smallest absolute Gasteiger partial charge is 0.322 e. The van der Waals surface area contributed by atoms with Crippen molar-refractivity contribution in [2.75, 3.05) is 6.54 Å². The molecule has 1 atom stereocenters. The fourth-order valence-corrected chi connectivity index (χ4v) is 3.98. The molecular formula is C13H15NO5S. The van der Waals surface area contributed by atoms with Crippen LogP contribution >= 0.6 is 0 Å². The van der Waals surface area contributed by atoms with Crippen LogP contribution in [0.3, 0.4) is 0 Å². The molecule has 0 aromatic heterocycles. The number of nitrogens with zero attached hydrogens (tertiary/aromatic N) is 1. The van der Waals surface area contributed by atoms with E-state index in [1.807, 2.05) is 0 Å². The first kappa shape index (κ1) is 14.7. The second-order valence-electron chi connectivity index (χ2n) is 4.70. The van der Waals surface area contributed by atoms with Crippen molar-refractivity contribution in [3.8, 4) is 0 Å². The molecule has 1 heterocycles. The molecule has 20 heavy (non-hydrogen) atoms. The molecule has 1 N–H and O–H groups in total. The van der Waals surface area contributed by atoms with E-state index in [0.29, 0.717) is 12.8 Å². The molecule has 6 nitrogen and oxygen atoms in total. The maximum atomic E-state index is 12.5. The molecule has 0 bridgehead atoms. The highest BCUT2D eigenvalue weighted by molar-refractivity contribution is 7.89. The van der Waals surface area contributed by atoms with Gasteiger partial charge in [0.15, 0.2) is 5.78 Å². The zero-order chi connectivity index (χ0) is 14.9. The zero-order valence-electron chi connectivity index (χ0n) is 10.9. The number of benzene rings is 1. The minimum absolute atomic E-state index is 0.0432. The molecule has 1 fully saturated rings. The molecule has 1 aliphatic rings. The van der Waals surface area contributed by atoms with E-state index >= 15 is 0 Å². The zero-order valence-corrected chi connectivity index (χ0v) is 11.8. The maximum Gasteiger partial charge on any atom is 0.322 e. The second-order valence-corrected chi connectivity index (χ2v) is 6.59. The maximum absolute atomic E-state index is 12.5. The van der Waals surface area contributed by atoms with E-state index in [1.54, 1.807) is 0 Å². The third kappa shape index (κ3) is 2.59. The first-order valence-electron chi connectivity index (χ1n) is 6.19. The number of rotatable bonds is 4.